The Morgan fingerprint density at radius 3 is 2.80 bits per heavy atom. The van der Waals surface area contributed by atoms with E-state index in [1.165, 1.54) is 0 Å². The van der Waals surface area contributed by atoms with Crippen LogP contribution in [-0.4, -0.2) is 55.5 Å². The molecule has 25 heavy (non-hydrogen) atoms. The van der Waals surface area contributed by atoms with Crippen molar-refractivity contribution < 1.29 is 24.5 Å². The van der Waals surface area contributed by atoms with Crippen molar-refractivity contribution in [3.63, 3.8) is 0 Å². The number of aromatic nitrogens is 2. The number of nitrogens with zero attached hydrogens (tertiary/aromatic N) is 3. The summed E-state index contributed by atoms with van der Waals surface area (Å²) < 4.78 is 7.49. The molecule has 0 bridgehead atoms. The highest BCUT2D eigenvalue weighted by atomic mass is 16.5. The summed E-state index contributed by atoms with van der Waals surface area (Å²) in [5.74, 6) is -2.63. The third-order valence-corrected chi connectivity index (χ3v) is 5.91. The van der Waals surface area contributed by atoms with Crippen molar-refractivity contribution in [2.45, 2.75) is 56.3 Å². The molecule has 3 aliphatic heterocycles. The number of fused-ring (bicyclic) bond motifs is 1. The second-order valence-electron chi connectivity index (χ2n) is 7.27. The molecule has 0 spiro atoms. The Kier molecular flexibility index (Phi) is 4.04. The Bertz CT molecular complexity index is 684. The predicted molar refractivity (Wildman–Crippen MR) is 85.9 cm³/mol. The molecule has 0 amide bonds. The van der Waals surface area contributed by atoms with Gasteiger partial charge in [-0.1, -0.05) is 0 Å². The van der Waals surface area contributed by atoms with Crippen molar-refractivity contribution in [2.24, 2.45) is 5.92 Å². The first-order chi connectivity index (χ1) is 12.0. The molecule has 4 atom stereocenters. The maximum Gasteiger partial charge on any atom is 0.324 e. The average molecular weight is 349 g/mol. The number of aliphatic carboxylic acids is 2. The van der Waals surface area contributed by atoms with E-state index in [0.717, 1.165) is 25.7 Å². The molecule has 3 saturated heterocycles. The SMILES string of the molecule is O=C(O)[C@@H]1C[C@]2(C(=O)O)CCCN2[C@@H]1c1ccn(C2CCCCO2)n1. The predicted octanol–water partition coefficient (Wildman–Crippen LogP) is 1.65. The summed E-state index contributed by atoms with van der Waals surface area (Å²) in [6, 6.07) is 1.32. The quantitative estimate of drug-likeness (QED) is 0.851. The van der Waals surface area contributed by atoms with Crippen molar-refractivity contribution in [3.05, 3.63) is 18.0 Å². The zero-order valence-electron chi connectivity index (χ0n) is 14.0. The Morgan fingerprint density at radius 1 is 1.28 bits per heavy atom. The summed E-state index contributed by atoms with van der Waals surface area (Å²) in [5, 5.41) is 24.0. The van der Waals surface area contributed by atoms with E-state index in [9.17, 15) is 19.8 Å². The van der Waals surface area contributed by atoms with Crippen molar-refractivity contribution in [2.75, 3.05) is 13.2 Å². The first-order valence-corrected chi connectivity index (χ1v) is 8.92. The lowest BCUT2D eigenvalue weighted by Crippen LogP contribution is -2.46. The minimum atomic E-state index is -1.07. The molecular formula is C17H23N3O5. The van der Waals surface area contributed by atoms with Gasteiger partial charge in [-0.2, -0.15) is 5.10 Å². The largest absolute Gasteiger partial charge is 0.481 e. The minimum Gasteiger partial charge on any atom is -0.481 e. The van der Waals surface area contributed by atoms with E-state index in [1.807, 2.05) is 17.2 Å². The summed E-state index contributed by atoms with van der Waals surface area (Å²) in [6.45, 7) is 1.29. The Hall–Kier alpha value is -1.93. The molecule has 4 heterocycles. The van der Waals surface area contributed by atoms with Gasteiger partial charge in [0.05, 0.1) is 17.7 Å². The van der Waals surface area contributed by atoms with E-state index in [1.54, 1.807) is 4.68 Å². The third-order valence-electron chi connectivity index (χ3n) is 5.91. The maximum absolute atomic E-state index is 11.9. The summed E-state index contributed by atoms with van der Waals surface area (Å²) in [5.41, 5.74) is -0.439. The van der Waals surface area contributed by atoms with Gasteiger partial charge in [-0.15, -0.1) is 0 Å². The summed E-state index contributed by atoms with van der Waals surface area (Å²) in [6.07, 6.45) is 6.11. The summed E-state index contributed by atoms with van der Waals surface area (Å²) in [7, 11) is 0. The number of carboxylic acids is 2. The van der Waals surface area contributed by atoms with E-state index < -0.39 is 29.4 Å². The number of rotatable bonds is 4. The molecule has 8 heteroatoms. The number of ether oxygens (including phenoxy) is 1. The molecule has 1 unspecified atom stereocenters. The highest BCUT2D eigenvalue weighted by molar-refractivity contribution is 5.83. The van der Waals surface area contributed by atoms with Gasteiger partial charge < -0.3 is 14.9 Å². The second-order valence-corrected chi connectivity index (χ2v) is 7.27. The van der Waals surface area contributed by atoms with Crippen molar-refractivity contribution in [1.82, 2.24) is 14.7 Å². The van der Waals surface area contributed by atoms with Crippen LogP contribution >= 0.6 is 0 Å². The normalized spacial score (nSPS) is 35.6. The summed E-state index contributed by atoms with van der Waals surface area (Å²) in [4.78, 5) is 25.6. The van der Waals surface area contributed by atoms with E-state index in [0.29, 0.717) is 25.3 Å². The molecule has 0 aromatic carbocycles. The van der Waals surface area contributed by atoms with Crippen LogP contribution in [0.15, 0.2) is 12.3 Å². The summed E-state index contributed by atoms with van der Waals surface area (Å²) >= 11 is 0. The maximum atomic E-state index is 11.9. The Morgan fingerprint density at radius 2 is 2.12 bits per heavy atom. The number of hydrogen-bond donors (Lipinski definition) is 2. The van der Waals surface area contributed by atoms with Crippen LogP contribution in [0.2, 0.25) is 0 Å². The molecule has 3 aliphatic rings. The zero-order valence-corrected chi connectivity index (χ0v) is 14.0. The smallest absolute Gasteiger partial charge is 0.324 e. The topological polar surface area (TPSA) is 105 Å². The van der Waals surface area contributed by atoms with Gasteiger partial charge in [0.1, 0.15) is 11.8 Å². The molecule has 0 radical (unpaired) electrons. The fourth-order valence-electron chi connectivity index (χ4n) is 4.73. The Labute approximate surface area is 145 Å². The van der Waals surface area contributed by atoms with E-state index in [2.05, 4.69) is 5.10 Å². The first-order valence-electron chi connectivity index (χ1n) is 8.92. The fourth-order valence-corrected chi connectivity index (χ4v) is 4.73. The first kappa shape index (κ1) is 16.5. The molecule has 0 saturated carbocycles. The van der Waals surface area contributed by atoms with Crippen LogP contribution in [0.25, 0.3) is 0 Å². The van der Waals surface area contributed by atoms with Crippen LogP contribution < -0.4 is 0 Å². The lowest BCUT2D eigenvalue weighted by Gasteiger charge is -2.30. The fraction of sp³-hybridized carbons (Fsp3) is 0.706. The van der Waals surface area contributed by atoms with Gasteiger partial charge in [0.25, 0.3) is 0 Å². The lowest BCUT2D eigenvalue weighted by atomic mass is 9.88. The van der Waals surface area contributed by atoms with Crippen LogP contribution in [0.4, 0.5) is 0 Å². The van der Waals surface area contributed by atoms with Crippen molar-refractivity contribution in [3.8, 4) is 0 Å². The highest BCUT2D eigenvalue weighted by Crippen LogP contribution is 2.51. The molecule has 2 N–H and O–H groups in total. The zero-order chi connectivity index (χ0) is 17.6. The standard InChI is InChI=1S/C17H23N3O5/c21-15(22)11-10-17(16(23)24)6-3-7-19(17)14(11)12-5-8-20(18-12)13-4-1-2-9-25-13/h5,8,11,13-14H,1-4,6-7,9-10H2,(H,21,22)(H,23,24)/t11-,13?,14+,17+/m1/s1. The van der Waals surface area contributed by atoms with Gasteiger partial charge in [0.2, 0.25) is 0 Å². The highest BCUT2D eigenvalue weighted by Gasteiger charge is 2.61. The van der Waals surface area contributed by atoms with Gasteiger partial charge in [0.15, 0.2) is 0 Å². The lowest BCUT2D eigenvalue weighted by molar-refractivity contribution is -0.148. The molecule has 8 nitrogen and oxygen atoms in total. The molecule has 1 aromatic rings. The molecular weight excluding hydrogens is 326 g/mol. The number of carbonyl (C=O) groups is 2. The van der Waals surface area contributed by atoms with Gasteiger partial charge in [-0.05, 0) is 44.6 Å². The van der Waals surface area contributed by atoms with Crippen molar-refractivity contribution >= 4 is 11.9 Å². The van der Waals surface area contributed by atoms with E-state index >= 15 is 0 Å². The number of hydrogen-bond acceptors (Lipinski definition) is 5. The van der Waals surface area contributed by atoms with Gasteiger partial charge >= 0.3 is 11.9 Å². The second kappa shape index (κ2) is 6.10. The van der Waals surface area contributed by atoms with Crippen molar-refractivity contribution in [1.29, 1.82) is 0 Å². The molecule has 3 fully saturated rings. The third kappa shape index (κ3) is 2.55. The molecule has 1 aromatic heterocycles. The van der Waals surface area contributed by atoms with Crippen LogP contribution in [0, 0.1) is 5.92 Å². The molecule has 136 valence electrons. The van der Waals surface area contributed by atoms with Crippen LogP contribution in [0.1, 0.15) is 56.5 Å². The monoisotopic (exact) mass is 349 g/mol. The van der Waals surface area contributed by atoms with Gasteiger partial charge in [-0.3, -0.25) is 14.5 Å². The van der Waals surface area contributed by atoms with Crippen LogP contribution in [0.3, 0.4) is 0 Å². The minimum absolute atomic E-state index is 0.116. The Balaban J connectivity index is 1.66. The average Bonchev–Trinajstić information content (AvgIpc) is 3.29. The van der Waals surface area contributed by atoms with Crippen LogP contribution in [0.5, 0.6) is 0 Å². The van der Waals surface area contributed by atoms with E-state index in [4.69, 9.17) is 4.74 Å². The van der Waals surface area contributed by atoms with Gasteiger partial charge in [-0.25, -0.2) is 4.68 Å². The van der Waals surface area contributed by atoms with Crippen LogP contribution in [-0.2, 0) is 14.3 Å². The van der Waals surface area contributed by atoms with Gasteiger partial charge in [0, 0.05) is 19.3 Å². The molecule has 4 rings (SSSR count). The number of carboxylic acid groups (broad SMARTS) is 2. The van der Waals surface area contributed by atoms with E-state index in [-0.39, 0.29) is 12.6 Å². The molecule has 0 aliphatic carbocycles.